The molecule has 4 nitrogen and oxygen atoms in total. The van der Waals surface area contributed by atoms with E-state index in [0.29, 0.717) is 16.6 Å². The molecule has 1 aromatic rings. The fourth-order valence-corrected chi connectivity index (χ4v) is 2.81. The van der Waals surface area contributed by atoms with Crippen molar-refractivity contribution in [1.29, 1.82) is 0 Å². The maximum atomic E-state index is 11.4. The lowest BCUT2D eigenvalue weighted by molar-refractivity contribution is 0.678. The van der Waals surface area contributed by atoms with E-state index in [2.05, 4.69) is 10.2 Å². The lowest BCUT2D eigenvalue weighted by Gasteiger charge is -1.93. The van der Waals surface area contributed by atoms with Crippen molar-refractivity contribution in [3.05, 3.63) is 5.01 Å². The maximum absolute atomic E-state index is 11.4. The van der Waals surface area contributed by atoms with E-state index in [1.54, 1.807) is 0 Å². The van der Waals surface area contributed by atoms with Crippen molar-refractivity contribution in [2.75, 3.05) is 12.3 Å². The fourth-order valence-electron chi connectivity index (χ4n) is 0.672. The second kappa shape index (κ2) is 4.64. The summed E-state index contributed by atoms with van der Waals surface area (Å²) >= 11 is 1.38. The van der Waals surface area contributed by atoms with Gasteiger partial charge in [0.05, 0.1) is 10.8 Å². The summed E-state index contributed by atoms with van der Waals surface area (Å²) in [5, 5.41) is 8.44. The summed E-state index contributed by atoms with van der Waals surface area (Å²) in [4.78, 5) is 0. The van der Waals surface area contributed by atoms with Crippen LogP contribution in [0.1, 0.15) is 11.4 Å². The fraction of sp³-hybridized carbons (Fsp3) is 0.667. The lowest BCUT2D eigenvalue weighted by Crippen LogP contribution is -2.05. The van der Waals surface area contributed by atoms with Crippen LogP contribution in [0.4, 0.5) is 0 Å². The molecule has 0 radical (unpaired) electrons. The van der Waals surface area contributed by atoms with Gasteiger partial charge < -0.3 is 5.73 Å². The van der Waals surface area contributed by atoms with Crippen LogP contribution >= 0.6 is 11.3 Å². The van der Waals surface area contributed by atoms with Gasteiger partial charge in [-0.3, -0.25) is 4.21 Å². The van der Waals surface area contributed by atoms with Crippen LogP contribution in [0.2, 0.25) is 0 Å². The summed E-state index contributed by atoms with van der Waals surface area (Å²) in [5.41, 5.74) is 5.29. The van der Waals surface area contributed by atoms with E-state index < -0.39 is 10.8 Å². The monoisotopic (exact) mass is 205 g/mol. The number of hydrogen-bond donors (Lipinski definition) is 1. The van der Waals surface area contributed by atoms with Crippen molar-refractivity contribution in [2.45, 2.75) is 17.7 Å². The van der Waals surface area contributed by atoms with Crippen LogP contribution in [0.15, 0.2) is 4.34 Å². The molecule has 1 rings (SSSR count). The molecule has 0 saturated carbocycles. The van der Waals surface area contributed by atoms with Crippen molar-refractivity contribution < 1.29 is 4.21 Å². The molecule has 68 valence electrons. The van der Waals surface area contributed by atoms with Crippen LogP contribution in [0, 0.1) is 6.92 Å². The molecule has 6 heteroatoms. The van der Waals surface area contributed by atoms with E-state index in [0.717, 1.165) is 11.4 Å². The molecule has 0 aromatic carbocycles. The molecule has 1 heterocycles. The van der Waals surface area contributed by atoms with Gasteiger partial charge in [-0.2, -0.15) is 0 Å². The molecule has 0 fully saturated rings. The first kappa shape index (κ1) is 9.76. The number of hydrogen-bond acceptors (Lipinski definition) is 5. The summed E-state index contributed by atoms with van der Waals surface area (Å²) in [7, 11) is -0.998. The van der Waals surface area contributed by atoms with Gasteiger partial charge in [-0.1, -0.05) is 11.3 Å². The van der Waals surface area contributed by atoms with Gasteiger partial charge in [0, 0.05) is 5.75 Å². The Kier molecular flexibility index (Phi) is 3.77. The van der Waals surface area contributed by atoms with Crippen LogP contribution < -0.4 is 5.73 Å². The third-order valence-electron chi connectivity index (χ3n) is 1.24. The molecule has 0 amide bonds. The molecule has 0 aliphatic rings. The van der Waals surface area contributed by atoms with Crippen LogP contribution in [0.25, 0.3) is 0 Å². The second-order valence-corrected chi connectivity index (χ2v) is 5.20. The Morgan fingerprint density at radius 2 is 2.33 bits per heavy atom. The number of nitrogens with zero attached hydrogens (tertiary/aromatic N) is 2. The molecule has 0 aliphatic carbocycles. The Labute approximate surface area is 77.7 Å². The van der Waals surface area contributed by atoms with Gasteiger partial charge in [0.1, 0.15) is 5.01 Å². The number of nitrogens with two attached hydrogens (primary N) is 1. The highest BCUT2D eigenvalue weighted by Gasteiger charge is 2.07. The first-order valence-corrected chi connectivity index (χ1v) is 5.76. The third-order valence-corrected chi connectivity index (χ3v) is 3.81. The Hall–Kier alpha value is -0.330. The van der Waals surface area contributed by atoms with Crippen LogP contribution in [0.3, 0.4) is 0 Å². The smallest absolute Gasteiger partial charge is 0.204 e. The van der Waals surface area contributed by atoms with Crippen LogP contribution in [0.5, 0.6) is 0 Å². The molecular formula is C6H11N3OS2. The Morgan fingerprint density at radius 3 is 2.83 bits per heavy atom. The van der Waals surface area contributed by atoms with Gasteiger partial charge in [-0.05, 0) is 19.9 Å². The highest BCUT2D eigenvalue weighted by molar-refractivity contribution is 7.87. The molecule has 2 N–H and O–H groups in total. The van der Waals surface area contributed by atoms with Gasteiger partial charge in [0.15, 0.2) is 0 Å². The molecule has 1 atom stereocenters. The Balaban J connectivity index is 2.53. The van der Waals surface area contributed by atoms with Crippen LogP contribution in [-0.2, 0) is 10.8 Å². The van der Waals surface area contributed by atoms with E-state index in [4.69, 9.17) is 5.73 Å². The average Bonchev–Trinajstić information content (AvgIpc) is 2.47. The maximum Gasteiger partial charge on any atom is 0.204 e. The minimum absolute atomic E-state index is 0.573. The summed E-state index contributed by atoms with van der Waals surface area (Å²) in [6.45, 7) is 2.42. The van der Waals surface area contributed by atoms with Crippen molar-refractivity contribution in [3.63, 3.8) is 0 Å². The summed E-state index contributed by atoms with van der Waals surface area (Å²) in [6, 6.07) is 0. The molecule has 0 saturated heterocycles. The average molecular weight is 205 g/mol. The first-order valence-electron chi connectivity index (χ1n) is 3.62. The standard InChI is InChI=1S/C6H11N3OS2/c1-5-8-9-6(11-5)12(10)4-2-3-7/h2-4,7H2,1H3. The molecular weight excluding hydrogens is 194 g/mol. The zero-order valence-corrected chi connectivity index (χ0v) is 8.45. The Morgan fingerprint density at radius 1 is 1.58 bits per heavy atom. The number of aryl methyl sites for hydroxylation is 1. The molecule has 0 spiro atoms. The predicted octanol–water partition coefficient (Wildman–Crippen LogP) is 0.303. The van der Waals surface area contributed by atoms with E-state index in [1.165, 1.54) is 11.3 Å². The zero-order chi connectivity index (χ0) is 8.97. The molecule has 12 heavy (non-hydrogen) atoms. The van der Waals surface area contributed by atoms with Gasteiger partial charge in [-0.15, -0.1) is 10.2 Å². The molecule has 0 aliphatic heterocycles. The molecule has 1 unspecified atom stereocenters. The van der Waals surface area contributed by atoms with Gasteiger partial charge in [0.25, 0.3) is 0 Å². The highest BCUT2D eigenvalue weighted by atomic mass is 32.2. The van der Waals surface area contributed by atoms with Crippen molar-refractivity contribution in [1.82, 2.24) is 10.2 Å². The molecule has 0 bridgehead atoms. The van der Waals surface area contributed by atoms with E-state index in [9.17, 15) is 4.21 Å². The van der Waals surface area contributed by atoms with Crippen molar-refractivity contribution in [2.24, 2.45) is 5.73 Å². The van der Waals surface area contributed by atoms with E-state index in [-0.39, 0.29) is 0 Å². The first-order chi connectivity index (χ1) is 5.74. The quantitative estimate of drug-likeness (QED) is 0.767. The topological polar surface area (TPSA) is 68.9 Å². The zero-order valence-electron chi connectivity index (χ0n) is 6.82. The Bertz CT molecular complexity index is 274. The number of rotatable bonds is 4. The summed E-state index contributed by atoms with van der Waals surface area (Å²) in [6.07, 6.45) is 0.769. The van der Waals surface area contributed by atoms with Gasteiger partial charge in [0.2, 0.25) is 4.34 Å². The van der Waals surface area contributed by atoms with Gasteiger partial charge >= 0.3 is 0 Å². The van der Waals surface area contributed by atoms with Crippen molar-refractivity contribution in [3.8, 4) is 0 Å². The van der Waals surface area contributed by atoms with Gasteiger partial charge in [-0.25, -0.2) is 0 Å². The van der Waals surface area contributed by atoms with Crippen LogP contribution in [-0.4, -0.2) is 26.7 Å². The van der Waals surface area contributed by atoms with E-state index >= 15 is 0 Å². The summed E-state index contributed by atoms with van der Waals surface area (Å²) < 4.78 is 12.0. The minimum Gasteiger partial charge on any atom is -0.330 e. The number of aromatic nitrogens is 2. The minimum atomic E-state index is -0.998. The highest BCUT2D eigenvalue weighted by Crippen LogP contribution is 2.12. The predicted molar refractivity (Wildman–Crippen MR) is 49.6 cm³/mol. The molecule has 1 aromatic heterocycles. The lowest BCUT2D eigenvalue weighted by atomic mass is 10.5. The summed E-state index contributed by atoms with van der Waals surface area (Å²) in [5.74, 6) is 0.588. The second-order valence-electron chi connectivity index (χ2n) is 2.28. The SMILES string of the molecule is Cc1nnc(S(=O)CCCN)s1. The van der Waals surface area contributed by atoms with Crippen molar-refractivity contribution >= 4 is 22.1 Å². The third kappa shape index (κ3) is 2.62. The largest absolute Gasteiger partial charge is 0.330 e. The van der Waals surface area contributed by atoms with E-state index in [1.807, 2.05) is 6.92 Å². The normalized spacial score (nSPS) is 13.2.